The van der Waals surface area contributed by atoms with Crippen molar-refractivity contribution in [3.8, 4) is 5.88 Å². The average molecular weight is 291 g/mol. The molecule has 0 saturated heterocycles. The van der Waals surface area contributed by atoms with E-state index in [2.05, 4.69) is 22.2 Å². The topological polar surface area (TPSA) is 39.4 Å². The van der Waals surface area contributed by atoms with Crippen LogP contribution in [0.4, 0.5) is 0 Å². The van der Waals surface area contributed by atoms with E-state index in [4.69, 9.17) is 4.74 Å². The Kier molecular flexibility index (Phi) is 3.44. The van der Waals surface area contributed by atoms with Gasteiger partial charge in [-0.05, 0) is 12.5 Å². The van der Waals surface area contributed by atoms with Crippen molar-refractivity contribution in [2.24, 2.45) is 0 Å². The molecule has 3 rings (SSSR count). The first kappa shape index (κ1) is 12.5. The van der Waals surface area contributed by atoms with Crippen molar-refractivity contribution in [2.75, 3.05) is 7.11 Å². The number of thiazole rings is 1. The van der Waals surface area contributed by atoms with Crippen LogP contribution in [0.25, 0.3) is 4.96 Å². The molecule has 0 radical (unpaired) electrons. The molecule has 2 heterocycles. The molecule has 0 amide bonds. The van der Waals surface area contributed by atoms with E-state index in [0.29, 0.717) is 0 Å². The molecule has 0 aliphatic heterocycles. The Morgan fingerprint density at radius 3 is 2.84 bits per heavy atom. The number of benzene rings is 1. The van der Waals surface area contributed by atoms with Crippen LogP contribution in [-0.2, 0) is 5.75 Å². The van der Waals surface area contributed by atoms with Crippen molar-refractivity contribution in [3.63, 3.8) is 0 Å². The number of hydrogen-bond acceptors (Lipinski definition) is 5. The summed E-state index contributed by atoms with van der Waals surface area (Å²) in [6.45, 7) is 2.01. The number of rotatable bonds is 4. The molecule has 19 heavy (non-hydrogen) atoms. The van der Waals surface area contributed by atoms with Gasteiger partial charge in [-0.2, -0.15) is 9.50 Å². The fourth-order valence-corrected chi connectivity index (χ4v) is 3.53. The van der Waals surface area contributed by atoms with E-state index in [9.17, 15) is 0 Å². The van der Waals surface area contributed by atoms with Gasteiger partial charge in [-0.1, -0.05) is 53.4 Å². The van der Waals surface area contributed by atoms with Crippen LogP contribution in [0, 0.1) is 6.92 Å². The normalized spacial score (nSPS) is 11.1. The maximum Gasteiger partial charge on any atom is 0.230 e. The average Bonchev–Trinajstić information content (AvgIpc) is 2.93. The van der Waals surface area contributed by atoms with Crippen molar-refractivity contribution < 1.29 is 4.74 Å². The number of thioether (sulfide) groups is 1. The van der Waals surface area contributed by atoms with Gasteiger partial charge in [0, 0.05) is 5.75 Å². The summed E-state index contributed by atoms with van der Waals surface area (Å²) in [6.07, 6.45) is 0. The van der Waals surface area contributed by atoms with Gasteiger partial charge in [0.05, 0.1) is 12.0 Å². The highest BCUT2D eigenvalue weighted by Crippen LogP contribution is 2.29. The Balaban J connectivity index is 1.80. The third kappa shape index (κ3) is 2.46. The van der Waals surface area contributed by atoms with Crippen LogP contribution in [0.1, 0.15) is 10.4 Å². The maximum atomic E-state index is 5.34. The lowest BCUT2D eigenvalue weighted by atomic mass is 10.2. The molecule has 1 aromatic carbocycles. The van der Waals surface area contributed by atoms with Gasteiger partial charge in [0.1, 0.15) is 0 Å². The van der Waals surface area contributed by atoms with Crippen molar-refractivity contribution in [1.29, 1.82) is 0 Å². The van der Waals surface area contributed by atoms with Gasteiger partial charge >= 0.3 is 0 Å². The van der Waals surface area contributed by atoms with Gasteiger partial charge in [-0.15, -0.1) is 5.10 Å². The number of methoxy groups -OCH3 is 1. The number of aryl methyl sites for hydroxylation is 1. The number of aromatic nitrogens is 3. The van der Waals surface area contributed by atoms with Crippen LogP contribution in [0.15, 0.2) is 35.5 Å². The highest BCUT2D eigenvalue weighted by molar-refractivity contribution is 7.98. The Hall–Kier alpha value is -1.53. The fraction of sp³-hybridized carbons (Fsp3) is 0.231. The summed E-state index contributed by atoms with van der Waals surface area (Å²) < 4.78 is 7.11. The fourth-order valence-electron chi connectivity index (χ4n) is 1.82. The zero-order valence-electron chi connectivity index (χ0n) is 10.7. The maximum absolute atomic E-state index is 5.34. The van der Waals surface area contributed by atoms with E-state index in [1.807, 2.05) is 25.1 Å². The number of hydrogen-bond donors (Lipinski definition) is 0. The lowest BCUT2D eigenvalue weighted by Gasteiger charge is -1.98. The number of ether oxygens (including phenoxy) is 1. The summed E-state index contributed by atoms with van der Waals surface area (Å²) in [5.74, 6) is 1.65. The molecule has 0 fully saturated rings. The van der Waals surface area contributed by atoms with Crippen molar-refractivity contribution in [1.82, 2.24) is 14.6 Å². The smallest absolute Gasteiger partial charge is 0.230 e. The van der Waals surface area contributed by atoms with E-state index >= 15 is 0 Å². The number of fused-ring (bicyclic) bond motifs is 1. The SMILES string of the molecule is COc1c(C)sc2nc(SCc3ccccc3)nn12. The minimum Gasteiger partial charge on any atom is -0.480 e. The van der Waals surface area contributed by atoms with Gasteiger partial charge in [0.2, 0.25) is 16.0 Å². The molecule has 0 N–H and O–H groups in total. The number of nitrogens with zero attached hydrogens (tertiary/aromatic N) is 3. The van der Waals surface area contributed by atoms with Gasteiger partial charge in [0.15, 0.2) is 0 Å². The van der Waals surface area contributed by atoms with E-state index in [0.717, 1.165) is 26.6 Å². The second kappa shape index (κ2) is 5.22. The highest BCUT2D eigenvalue weighted by Gasteiger charge is 2.14. The lowest BCUT2D eigenvalue weighted by molar-refractivity contribution is 0.385. The summed E-state index contributed by atoms with van der Waals surface area (Å²) in [5.41, 5.74) is 1.27. The summed E-state index contributed by atoms with van der Waals surface area (Å²) in [7, 11) is 1.66. The molecule has 98 valence electrons. The van der Waals surface area contributed by atoms with Crippen LogP contribution >= 0.6 is 23.1 Å². The van der Waals surface area contributed by atoms with E-state index in [1.165, 1.54) is 5.56 Å². The summed E-state index contributed by atoms with van der Waals surface area (Å²) >= 11 is 3.23. The molecular weight excluding hydrogens is 278 g/mol. The van der Waals surface area contributed by atoms with Crippen molar-refractivity contribution in [2.45, 2.75) is 17.8 Å². The molecule has 0 aliphatic rings. The quantitative estimate of drug-likeness (QED) is 0.691. The molecule has 0 atom stereocenters. The minimum atomic E-state index is 0.777. The van der Waals surface area contributed by atoms with Gasteiger partial charge in [-0.25, -0.2) is 0 Å². The zero-order chi connectivity index (χ0) is 13.2. The predicted octanol–water partition coefficient (Wildman–Crippen LogP) is 3.40. The lowest BCUT2D eigenvalue weighted by Crippen LogP contribution is -1.92. The Morgan fingerprint density at radius 2 is 2.11 bits per heavy atom. The monoisotopic (exact) mass is 291 g/mol. The third-order valence-corrected chi connectivity index (χ3v) is 4.54. The molecule has 0 unspecified atom stereocenters. The van der Waals surface area contributed by atoms with Crippen LogP contribution < -0.4 is 4.74 Å². The van der Waals surface area contributed by atoms with Gasteiger partial charge < -0.3 is 4.74 Å². The van der Waals surface area contributed by atoms with Crippen LogP contribution in [0.5, 0.6) is 5.88 Å². The molecule has 6 heteroatoms. The summed E-state index contributed by atoms with van der Waals surface area (Å²) in [5, 5.41) is 5.26. The van der Waals surface area contributed by atoms with Crippen molar-refractivity contribution in [3.05, 3.63) is 40.8 Å². The van der Waals surface area contributed by atoms with Gasteiger partial charge in [-0.3, -0.25) is 0 Å². The van der Waals surface area contributed by atoms with Crippen molar-refractivity contribution >= 4 is 28.1 Å². The first-order valence-corrected chi connectivity index (χ1v) is 7.65. The Morgan fingerprint density at radius 1 is 1.32 bits per heavy atom. The second-order valence-electron chi connectivity index (χ2n) is 4.03. The summed E-state index contributed by atoms with van der Waals surface area (Å²) in [4.78, 5) is 6.48. The minimum absolute atomic E-state index is 0.777. The molecule has 4 nitrogen and oxygen atoms in total. The zero-order valence-corrected chi connectivity index (χ0v) is 12.3. The Labute approximate surface area is 119 Å². The highest BCUT2D eigenvalue weighted by atomic mass is 32.2. The molecular formula is C13H13N3OS2. The second-order valence-corrected chi connectivity index (χ2v) is 6.15. The molecule has 2 aromatic heterocycles. The van der Waals surface area contributed by atoms with Crippen LogP contribution in [-0.4, -0.2) is 21.7 Å². The first-order valence-electron chi connectivity index (χ1n) is 5.85. The molecule has 0 aliphatic carbocycles. The largest absolute Gasteiger partial charge is 0.480 e. The van der Waals surface area contributed by atoms with E-state index in [-0.39, 0.29) is 0 Å². The van der Waals surface area contributed by atoms with E-state index in [1.54, 1.807) is 34.7 Å². The van der Waals surface area contributed by atoms with Crippen LogP contribution in [0.3, 0.4) is 0 Å². The molecule has 3 aromatic rings. The standard InChI is InChI=1S/C13H13N3OS2/c1-9-11(17-2)16-13(19-9)14-12(15-16)18-8-10-6-4-3-5-7-10/h3-7H,8H2,1-2H3. The molecule has 0 saturated carbocycles. The first-order chi connectivity index (χ1) is 9.28. The van der Waals surface area contributed by atoms with E-state index < -0.39 is 0 Å². The molecule has 0 spiro atoms. The Bertz CT molecular complexity index is 691. The predicted molar refractivity (Wildman–Crippen MR) is 78.2 cm³/mol. The van der Waals surface area contributed by atoms with Crippen LogP contribution in [0.2, 0.25) is 0 Å². The van der Waals surface area contributed by atoms with Gasteiger partial charge in [0.25, 0.3) is 0 Å². The molecule has 0 bridgehead atoms. The summed E-state index contributed by atoms with van der Waals surface area (Å²) in [6, 6.07) is 10.3. The third-order valence-electron chi connectivity index (χ3n) is 2.70.